The molecule has 0 heterocycles. The maximum atomic E-state index is 11.7. The zero-order valence-corrected chi connectivity index (χ0v) is 11.5. The summed E-state index contributed by atoms with van der Waals surface area (Å²) in [4.78, 5) is 11.7. The van der Waals surface area contributed by atoms with Crippen LogP contribution in [0.5, 0.6) is 0 Å². The third-order valence-corrected chi connectivity index (χ3v) is 3.41. The first-order chi connectivity index (χ1) is 9.28. The number of carbonyl (C=O) groups is 1. The van der Waals surface area contributed by atoms with E-state index in [2.05, 4.69) is 28.8 Å². The van der Waals surface area contributed by atoms with Gasteiger partial charge in [0.15, 0.2) is 0 Å². The van der Waals surface area contributed by atoms with Crippen molar-refractivity contribution in [1.82, 2.24) is 10.6 Å². The normalized spacial score (nSPS) is 15.5. The SMILES string of the molecule is CNCC(=O)NC(C=C1CCC1)Cc1ccccc1. The van der Waals surface area contributed by atoms with E-state index < -0.39 is 0 Å². The highest BCUT2D eigenvalue weighted by Crippen LogP contribution is 2.25. The van der Waals surface area contributed by atoms with Gasteiger partial charge in [0, 0.05) is 0 Å². The average molecular weight is 258 g/mol. The van der Waals surface area contributed by atoms with Gasteiger partial charge in [-0.1, -0.05) is 42.0 Å². The summed E-state index contributed by atoms with van der Waals surface area (Å²) in [5.41, 5.74) is 2.74. The molecule has 19 heavy (non-hydrogen) atoms. The van der Waals surface area contributed by atoms with Gasteiger partial charge >= 0.3 is 0 Å². The van der Waals surface area contributed by atoms with Crippen molar-refractivity contribution in [2.24, 2.45) is 0 Å². The molecule has 3 nitrogen and oxygen atoms in total. The molecule has 1 atom stereocenters. The zero-order chi connectivity index (χ0) is 13.5. The van der Waals surface area contributed by atoms with Gasteiger partial charge in [0.05, 0.1) is 12.6 Å². The highest BCUT2D eigenvalue weighted by atomic mass is 16.1. The van der Waals surface area contributed by atoms with Gasteiger partial charge in [-0.3, -0.25) is 4.79 Å². The van der Waals surface area contributed by atoms with Crippen molar-refractivity contribution in [3.63, 3.8) is 0 Å². The largest absolute Gasteiger partial charge is 0.348 e. The van der Waals surface area contributed by atoms with Crippen LogP contribution in [0.15, 0.2) is 42.0 Å². The Labute approximate surface area is 115 Å². The van der Waals surface area contributed by atoms with Gasteiger partial charge in [-0.15, -0.1) is 0 Å². The molecule has 1 saturated carbocycles. The van der Waals surface area contributed by atoms with Crippen LogP contribution in [-0.2, 0) is 11.2 Å². The van der Waals surface area contributed by atoms with Crippen molar-refractivity contribution in [1.29, 1.82) is 0 Å². The summed E-state index contributed by atoms with van der Waals surface area (Å²) in [5, 5.41) is 5.97. The van der Waals surface area contributed by atoms with Gasteiger partial charge in [0.25, 0.3) is 0 Å². The average Bonchev–Trinajstić information content (AvgIpc) is 2.35. The lowest BCUT2D eigenvalue weighted by atomic mass is 9.89. The Kier molecular flexibility index (Phi) is 5.16. The van der Waals surface area contributed by atoms with Gasteiger partial charge < -0.3 is 10.6 Å². The summed E-state index contributed by atoms with van der Waals surface area (Å²) >= 11 is 0. The molecule has 0 aromatic heterocycles. The van der Waals surface area contributed by atoms with Crippen molar-refractivity contribution in [2.75, 3.05) is 13.6 Å². The summed E-state index contributed by atoms with van der Waals surface area (Å²) in [7, 11) is 1.79. The smallest absolute Gasteiger partial charge is 0.234 e. The number of allylic oxidation sites excluding steroid dienone is 1. The van der Waals surface area contributed by atoms with Gasteiger partial charge in [-0.05, 0) is 38.3 Å². The molecule has 1 aliphatic rings. The van der Waals surface area contributed by atoms with Crippen LogP contribution in [0.25, 0.3) is 0 Å². The highest BCUT2D eigenvalue weighted by molar-refractivity contribution is 5.78. The van der Waals surface area contributed by atoms with Crippen LogP contribution in [0.2, 0.25) is 0 Å². The number of amides is 1. The third-order valence-electron chi connectivity index (χ3n) is 3.41. The number of rotatable bonds is 6. The second kappa shape index (κ2) is 7.10. The van der Waals surface area contributed by atoms with E-state index in [-0.39, 0.29) is 11.9 Å². The maximum absolute atomic E-state index is 11.7. The number of hydrogen-bond acceptors (Lipinski definition) is 2. The predicted octanol–water partition coefficient (Wildman–Crippen LogP) is 2.04. The van der Waals surface area contributed by atoms with Crippen LogP contribution in [-0.4, -0.2) is 25.5 Å². The molecule has 0 bridgehead atoms. The van der Waals surface area contributed by atoms with Crippen molar-refractivity contribution >= 4 is 5.91 Å². The molecule has 1 fully saturated rings. The van der Waals surface area contributed by atoms with E-state index in [1.165, 1.54) is 30.4 Å². The summed E-state index contributed by atoms with van der Waals surface area (Å²) in [5.74, 6) is 0.0552. The van der Waals surface area contributed by atoms with Crippen molar-refractivity contribution in [2.45, 2.75) is 31.7 Å². The second-order valence-corrected chi connectivity index (χ2v) is 5.07. The van der Waals surface area contributed by atoms with Gasteiger partial charge in [-0.2, -0.15) is 0 Å². The van der Waals surface area contributed by atoms with Gasteiger partial charge in [0.1, 0.15) is 0 Å². The van der Waals surface area contributed by atoms with Crippen LogP contribution >= 0.6 is 0 Å². The fourth-order valence-electron chi connectivity index (χ4n) is 2.27. The molecule has 1 aromatic carbocycles. The molecule has 1 amide bonds. The Morgan fingerprint density at radius 3 is 2.63 bits per heavy atom. The number of nitrogens with one attached hydrogen (secondary N) is 2. The molecule has 2 rings (SSSR count). The van der Waals surface area contributed by atoms with Crippen LogP contribution in [0.1, 0.15) is 24.8 Å². The molecule has 3 heteroatoms. The van der Waals surface area contributed by atoms with Crippen LogP contribution < -0.4 is 10.6 Å². The molecule has 1 unspecified atom stereocenters. The Hall–Kier alpha value is -1.61. The molecule has 102 valence electrons. The Morgan fingerprint density at radius 1 is 1.32 bits per heavy atom. The lowest BCUT2D eigenvalue weighted by molar-refractivity contribution is -0.120. The standard InChI is InChI=1S/C16H22N2O/c1-17-12-16(19)18-15(11-14-8-5-9-14)10-13-6-3-2-4-7-13/h2-4,6-7,11,15,17H,5,8-10,12H2,1H3,(H,18,19). The van der Waals surface area contributed by atoms with Gasteiger partial charge in [0.2, 0.25) is 5.91 Å². The molecule has 0 spiro atoms. The maximum Gasteiger partial charge on any atom is 0.234 e. The van der Waals surface area contributed by atoms with Gasteiger partial charge in [-0.25, -0.2) is 0 Å². The summed E-state index contributed by atoms with van der Waals surface area (Å²) in [6, 6.07) is 10.4. The highest BCUT2D eigenvalue weighted by Gasteiger charge is 2.14. The van der Waals surface area contributed by atoms with E-state index in [0.29, 0.717) is 6.54 Å². The zero-order valence-electron chi connectivity index (χ0n) is 11.5. The Bertz CT molecular complexity index is 433. The first-order valence-electron chi connectivity index (χ1n) is 6.95. The molecular weight excluding hydrogens is 236 g/mol. The lowest BCUT2D eigenvalue weighted by Crippen LogP contribution is -2.40. The fourth-order valence-corrected chi connectivity index (χ4v) is 2.27. The second-order valence-electron chi connectivity index (χ2n) is 5.07. The molecule has 0 saturated heterocycles. The van der Waals surface area contributed by atoms with E-state index >= 15 is 0 Å². The minimum atomic E-state index is 0.0552. The number of carbonyl (C=O) groups excluding carboxylic acids is 1. The Morgan fingerprint density at radius 2 is 2.05 bits per heavy atom. The summed E-state index contributed by atoms with van der Waals surface area (Å²) in [6.07, 6.45) is 6.76. The summed E-state index contributed by atoms with van der Waals surface area (Å²) < 4.78 is 0. The Balaban J connectivity index is 1.99. The van der Waals surface area contributed by atoms with Crippen molar-refractivity contribution in [3.05, 3.63) is 47.5 Å². The molecule has 1 aliphatic carbocycles. The van der Waals surface area contributed by atoms with E-state index in [0.717, 1.165) is 6.42 Å². The third kappa shape index (κ3) is 4.52. The van der Waals surface area contributed by atoms with Crippen LogP contribution in [0, 0.1) is 0 Å². The minimum Gasteiger partial charge on any atom is -0.348 e. The lowest BCUT2D eigenvalue weighted by Gasteiger charge is -2.22. The van der Waals surface area contributed by atoms with Crippen LogP contribution in [0.4, 0.5) is 0 Å². The molecule has 2 N–H and O–H groups in total. The summed E-state index contributed by atoms with van der Waals surface area (Å²) in [6.45, 7) is 0.370. The molecule has 0 radical (unpaired) electrons. The van der Waals surface area contributed by atoms with E-state index in [4.69, 9.17) is 0 Å². The topological polar surface area (TPSA) is 41.1 Å². The fraction of sp³-hybridized carbons (Fsp3) is 0.438. The number of benzene rings is 1. The van der Waals surface area contributed by atoms with E-state index in [1.807, 2.05) is 18.2 Å². The molecule has 1 aromatic rings. The monoisotopic (exact) mass is 258 g/mol. The van der Waals surface area contributed by atoms with E-state index in [9.17, 15) is 4.79 Å². The number of hydrogen-bond donors (Lipinski definition) is 2. The minimum absolute atomic E-state index is 0.0552. The molecule has 0 aliphatic heterocycles. The first kappa shape index (κ1) is 13.8. The quantitative estimate of drug-likeness (QED) is 0.767. The van der Waals surface area contributed by atoms with Crippen molar-refractivity contribution in [3.8, 4) is 0 Å². The number of likely N-dealkylation sites (N-methyl/N-ethyl adjacent to an activating group) is 1. The first-order valence-corrected chi connectivity index (χ1v) is 6.95. The molecular formula is C16H22N2O. The predicted molar refractivity (Wildman–Crippen MR) is 77.9 cm³/mol. The van der Waals surface area contributed by atoms with Crippen LogP contribution in [0.3, 0.4) is 0 Å². The van der Waals surface area contributed by atoms with Crippen molar-refractivity contribution < 1.29 is 4.79 Å². The van der Waals surface area contributed by atoms with E-state index in [1.54, 1.807) is 7.05 Å².